The molecule has 0 saturated heterocycles. The molecule has 0 spiro atoms. The second kappa shape index (κ2) is 61.6. The molecule has 0 aliphatic carbocycles. The Kier molecular flexibility index (Phi) is 60.0. The van der Waals surface area contributed by atoms with E-state index in [9.17, 15) is 19.8 Å². The molecule has 0 aliphatic heterocycles. The quantitative estimate of drug-likeness (QED) is 0.0244. The molecule has 0 saturated carbocycles. The van der Waals surface area contributed by atoms with Gasteiger partial charge in [-0.15, -0.1) is 0 Å². The van der Waals surface area contributed by atoms with Gasteiger partial charge in [0.05, 0.1) is 25.4 Å². The number of unbranched alkanes of at least 4 members (excludes halogenated alkanes) is 44. The van der Waals surface area contributed by atoms with Crippen molar-refractivity contribution in [2.45, 2.75) is 360 Å². The molecule has 72 heavy (non-hydrogen) atoms. The van der Waals surface area contributed by atoms with Gasteiger partial charge in [-0.05, 0) is 83.5 Å². The minimum absolute atomic E-state index is 0.0222. The second-order valence-electron chi connectivity index (χ2n) is 22.1. The van der Waals surface area contributed by atoms with Gasteiger partial charge in [0.15, 0.2) is 0 Å². The fourth-order valence-corrected chi connectivity index (χ4v) is 9.98. The van der Waals surface area contributed by atoms with Crippen LogP contribution in [0.5, 0.6) is 0 Å². The number of hydrogen-bond donors (Lipinski definition) is 3. The first-order chi connectivity index (χ1) is 35.5. The number of nitrogens with one attached hydrogen (secondary N) is 1. The van der Waals surface area contributed by atoms with E-state index >= 15 is 0 Å². The summed E-state index contributed by atoms with van der Waals surface area (Å²) >= 11 is 0. The molecule has 0 heterocycles. The Labute approximate surface area is 449 Å². The Morgan fingerprint density at radius 2 is 0.694 bits per heavy atom. The number of hydrogen-bond acceptors (Lipinski definition) is 5. The van der Waals surface area contributed by atoms with Crippen LogP contribution in [0.1, 0.15) is 348 Å². The standard InChI is InChI=1S/C66H125NO5/c1-3-5-7-9-11-13-15-17-18-19-20-21-22-23-25-28-31-35-38-42-46-50-54-58-64(69)63(62-68)67-65(70)59-55-51-47-43-39-36-32-29-26-24-27-30-33-37-41-45-49-53-57-61-72-66(71)60-56-52-48-44-40-34-16-14-12-10-8-6-4-2/h14,16,30,33,37,41,63-64,68-69H,3-13,15,17-29,31-32,34-36,38-40,42-62H2,1-2H3,(H,67,70)/b16-14-,33-30-,41-37-. The van der Waals surface area contributed by atoms with E-state index in [0.717, 1.165) is 70.6 Å². The molecule has 3 N–H and O–H groups in total. The number of carbonyl (C=O) groups is 2. The number of aliphatic hydroxyl groups is 2. The van der Waals surface area contributed by atoms with Gasteiger partial charge in [-0.2, -0.15) is 0 Å². The highest BCUT2D eigenvalue weighted by molar-refractivity contribution is 5.76. The molecule has 0 rings (SSSR count). The van der Waals surface area contributed by atoms with Crippen molar-refractivity contribution < 1.29 is 24.5 Å². The van der Waals surface area contributed by atoms with E-state index in [1.807, 2.05) is 0 Å². The van der Waals surface area contributed by atoms with Crippen LogP contribution in [0.3, 0.4) is 0 Å². The van der Waals surface area contributed by atoms with Gasteiger partial charge >= 0.3 is 5.97 Å². The third kappa shape index (κ3) is 57.4. The maximum atomic E-state index is 12.5. The number of esters is 1. The first kappa shape index (κ1) is 70.1. The summed E-state index contributed by atoms with van der Waals surface area (Å²) in [6.45, 7) is 4.92. The lowest BCUT2D eigenvalue weighted by Crippen LogP contribution is -2.45. The van der Waals surface area contributed by atoms with Crippen molar-refractivity contribution in [3.8, 4) is 0 Å². The SMILES string of the molecule is CCCCCC/C=C\CCCCCCCC(=O)OCCCCC/C=C\C=C/CCCCCCCCCCCCC(=O)NC(CO)C(O)CCCCCCCCCCCCCCCCCCCCCCCCC. The fourth-order valence-electron chi connectivity index (χ4n) is 9.98. The van der Waals surface area contributed by atoms with Crippen LogP contribution < -0.4 is 5.32 Å². The summed E-state index contributed by atoms with van der Waals surface area (Å²) in [7, 11) is 0. The van der Waals surface area contributed by atoms with Gasteiger partial charge in [0.1, 0.15) is 0 Å². The largest absolute Gasteiger partial charge is 0.466 e. The Bertz CT molecular complexity index is 1170. The summed E-state index contributed by atoms with van der Waals surface area (Å²) in [6, 6.07) is -0.551. The zero-order valence-electron chi connectivity index (χ0n) is 48.4. The summed E-state index contributed by atoms with van der Waals surface area (Å²) in [5.41, 5.74) is 0. The Balaban J connectivity index is 3.47. The van der Waals surface area contributed by atoms with Crippen molar-refractivity contribution in [1.82, 2.24) is 5.32 Å². The minimum Gasteiger partial charge on any atom is -0.466 e. The topological polar surface area (TPSA) is 95.9 Å². The molecule has 6 heteroatoms. The molecule has 0 bridgehead atoms. The Morgan fingerprint density at radius 1 is 0.389 bits per heavy atom. The number of carbonyl (C=O) groups excluding carboxylic acids is 2. The van der Waals surface area contributed by atoms with Crippen LogP contribution in [-0.4, -0.2) is 47.4 Å². The summed E-state index contributed by atoms with van der Waals surface area (Å²) < 4.78 is 5.44. The van der Waals surface area contributed by atoms with Crippen molar-refractivity contribution >= 4 is 11.9 Å². The third-order valence-electron chi connectivity index (χ3n) is 14.9. The molecular formula is C66H125NO5. The molecule has 2 unspecified atom stereocenters. The molecule has 0 aromatic heterocycles. The van der Waals surface area contributed by atoms with Crippen LogP contribution in [0.15, 0.2) is 36.5 Å². The molecule has 1 amide bonds. The van der Waals surface area contributed by atoms with Gasteiger partial charge in [0.25, 0.3) is 0 Å². The predicted octanol–water partition coefficient (Wildman–Crippen LogP) is 20.4. The van der Waals surface area contributed by atoms with Crippen LogP contribution in [0.2, 0.25) is 0 Å². The van der Waals surface area contributed by atoms with Gasteiger partial charge in [-0.1, -0.05) is 288 Å². The van der Waals surface area contributed by atoms with Gasteiger partial charge < -0.3 is 20.3 Å². The van der Waals surface area contributed by atoms with Crippen LogP contribution >= 0.6 is 0 Å². The minimum atomic E-state index is -0.673. The van der Waals surface area contributed by atoms with Crippen molar-refractivity contribution in [2.24, 2.45) is 0 Å². The maximum absolute atomic E-state index is 12.5. The van der Waals surface area contributed by atoms with Crippen molar-refractivity contribution in [2.75, 3.05) is 13.2 Å². The summed E-state index contributed by atoms with van der Waals surface area (Å²) in [6.07, 6.45) is 77.3. The normalized spacial score (nSPS) is 12.8. The Morgan fingerprint density at radius 3 is 1.08 bits per heavy atom. The molecule has 6 nitrogen and oxygen atoms in total. The van der Waals surface area contributed by atoms with E-state index in [0.29, 0.717) is 25.9 Å². The number of ether oxygens (including phenoxy) is 1. The van der Waals surface area contributed by atoms with E-state index in [1.165, 1.54) is 244 Å². The lowest BCUT2D eigenvalue weighted by Gasteiger charge is -2.22. The van der Waals surface area contributed by atoms with E-state index in [1.54, 1.807) is 0 Å². The fraction of sp³-hybridized carbons (Fsp3) is 0.879. The number of aliphatic hydroxyl groups excluding tert-OH is 2. The van der Waals surface area contributed by atoms with Crippen LogP contribution in [0.25, 0.3) is 0 Å². The van der Waals surface area contributed by atoms with Gasteiger partial charge in [0.2, 0.25) is 5.91 Å². The Hall–Kier alpha value is -1.92. The highest BCUT2D eigenvalue weighted by atomic mass is 16.5. The molecule has 0 aliphatic rings. The van der Waals surface area contributed by atoms with E-state index < -0.39 is 12.1 Å². The molecule has 0 fully saturated rings. The number of allylic oxidation sites excluding steroid dienone is 6. The van der Waals surface area contributed by atoms with E-state index in [4.69, 9.17) is 4.74 Å². The van der Waals surface area contributed by atoms with E-state index in [-0.39, 0.29) is 18.5 Å². The van der Waals surface area contributed by atoms with Crippen LogP contribution in [-0.2, 0) is 14.3 Å². The first-order valence-electron chi connectivity index (χ1n) is 32.3. The van der Waals surface area contributed by atoms with Crippen molar-refractivity contribution in [3.63, 3.8) is 0 Å². The lowest BCUT2D eigenvalue weighted by molar-refractivity contribution is -0.143. The smallest absolute Gasteiger partial charge is 0.305 e. The second-order valence-corrected chi connectivity index (χ2v) is 22.1. The summed E-state index contributed by atoms with van der Waals surface area (Å²) in [4.78, 5) is 24.5. The van der Waals surface area contributed by atoms with Gasteiger partial charge in [0, 0.05) is 12.8 Å². The number of amides is 1. The summed E-state index contributed by atoms with van der Waals surface area (Å²) in [5, 5.41) is 23.4. The highest BCUT2D eigenvalue weighted by Gasteiger charge is 2.20. The average molecular weight is 1010 g/mol. The molecule has 0 radical (unpaired) electrons. The van der Waals surface area contributed by atoms with Crippen LogP contribution in [0, 0.1) is 0 Å². The van der Waals surface area contributed by atoms with Gasteiger partial charge in [-0.25, -0.2) is 0 Å². The third-order valence-corrected chi connectivity index (χ3v) is 14.9. The number of rotatable bonds is 60. The maximum Gasteiger partial charge on any atom is 0.305 e. The molecular weight excluding hydrogens is 887 g/mol. The van der Waals surface area contributed by atoms with Crippen LogP contribution in [0.4, 0.5) is 0 Å². The predicted molar refractivity (Wildman–Crippen MR) is 315 cm³/mol. The van der Waals surface area contributed by atoms with Crippen molar-refractivity contribution in [3.05, 3.63) is 36.5 Å². The highest BCUT2D eigenvalue weighted by Crippen LogP contribution is 2.18. The lowest BCUT2D eigenvalue weighted by atomic mass is 10.0. The van der Waals surface area contributed by atoms with E-state index in [2.05, 4.69) is 55.6 Å². The van der Waals surface area contributed by atoms with Crippen molar-refractivity contribution in [1.29, 1.82) is 0 Å². The zero-order valence-corrected chi connectivity index (χ0v) is 48.4. The molecule has 0 aromatic rings. The molecule has 0 aromatic carbocycles. The summed E-state index contributed by atoms with van der Waals surface area (Å²) in [5.74, 6) is -0.0640. The molecule has 2 atom stereocenters. The van der Waals surface area contributed by atoms with Gasteiger partial charge in [-0.3, -0.25) is 9.59 Å². The zero-order chi connectivity index (χ0) is 52.2. The first-order valence-corrected chi connectivity index (χ1v) is 32.3. The monoisotopic (exact) mass is 1010 g/mol. The average Bonchev–Trinajstić information content (AvgIpc) is 3.38. The molecule has 424 valence electrons.